The van der Waals surface area contributed by atoms with Crippen molar-refractivity contribution in [3.8, 4) is 11.5 Å². The number of nitrogens with one attached hydrogen (secondary N) is 1. The predicted molar refractivity (Wildman–Crippen MR) is 74.6 cm³/mol. The van der Waals surface area contributed by atoms with Crippen LogP contribution in [0.25, 0.3) is 0 Å². The second-order valence-electron chi connectivity index (χ2n) is 5.46. The molecule has 1 unspecified atom stereocenters. The Balaban J connectivity index is 1.61. The maximum absolute atomic E-state index is 9.45. The van der Waals surface area contributed by atoms with Gasteiger partial charge < -0.3 is 20.1 Å². The average Bonchev–Trinajstić information content (AvgIpc) is 2.82. The second kappa shape index (κ2) is 5.39. The van der Waals surface area contributed by atoms with Crippen molar-refractivity contribution in [2.75, 3.05) is 26.2 Å². The van der Waals surface area contributed by atoms with Crippen LogP contribution in [-0.4, -0.2) is 42.3 Å². The van der Waals surface area contributed by atoms with E-state index in [0.29, 0.717) is 12.6 Å². The Kier molecular flexibility index (Phi) is 3.62. The van der Waals surface area contributed by atoms with Crippen LogP contribution < -0.4 is 10.1 Å². The highest BCUT2D eigenvalue weighted by atomic mass is 16.5. The molecule has 3 rings (SSSR count). The first-order chi connectivity index (χ1) is 9.26. The van der Waals surface area contributed by atoms with E-state index in [-0.39, 0.29) is 11.8 Å². The normalized spacial score (nSPS) is 24.2. The van der Waals surface area contributed by atoms with Crippen LogP contribution in [0, 0.1) is 0 Å². The summed E-state index contributed by atoms with van der Waals surface area (Å²) in [5, 5.41) is 13.2. The van der Waals surface area contributed by atoms with Crippen molar-refractivity contribution in [3.05, 3.63) is 23.8 Å². The molecule has 2 aliphatic heterocycles. The van der Waals surface area contributed by atoms with Crippen molar-refractivity contribution in [2.45, 2.75) is 31.8 Å². The number of hydrogen-bond donors (Lipinski definition) is 2. The van der Waals surface area contributed by atoms with Crippen LogP contribution in [0.4, 0.5) is 0 Å². The molecule has 2 aliphatic rings. The molecular weight excluding hydrogens is 240 g/mol. The summed E-state index contributed by atoms with van der Waals surface area (Å²) in [6.45, 7) is 6.42. The summed E-state index contributed by atoms with van der Waals surface area (Å²) < 4.78 is 5.64. The number of nitrogens with zero attached hydrogens (tertiary/aromatic N) is 1. The molecule has 1 atom stereocenters. The average molecular weight is 262 g/mol. The number of piperidine rings is 1. The quantitative estimate of drug-likeness (QED) is 0.873. The van der Waals surface area contributed by atoms with E-state index in [2.05, 4.69) is 17.1 Å². The largest absolute Gasteiger partial charge is 0.508 e. The third kappa shape index (κ3) is 2.69. The van der Waals surface area contributed by atoms with Gasteiger partial charge in [0.05, 0.1) is 6.04 Å². The van der Waals surface area contributed by atoms with Crippen LogP contribution in [0.5, 0.6) is 11.5 Å². The molecule has 1 aromatic rings. The second-order valence-corrected chi connectivity index (χ2v) is 5.46. The lowest BCUT2D eigenvalue weighted by Crippen LogP contribution is -2.43. The number of hydrogen-bond acceptors (Lipinski definition) is 4. The highest BCUT2D eigenvalue weighted by Crippen LogP contribution is 2.35. The lowest BCUT2D eigenvalue weighted by molar-refractivity contribution is 0.192. The van der Waals surface area contributed by atoms with Gasteiger partial charge in [-0.05, 0) is 44.6 Å². The van der Waals surface area contributed by atoms with Crippen molar-refractivity contribution in [1.82, 2.24) is 10.2 Å². The topological polar surface area (TPSA) is 44.7 Å². The Morgan fingerprint density at radius 1 is 1.37 bits per heavy atom. The summed E-state index contributed by atoms with van der Waals surface area (Å²) in [7, 11) is 0. The number of phenolic OH excluding ortho intramolecular Hbond substituents is 1. The summed E-state index contributed by atoms with van der Waals surface area (Å²) in [5.74, 6) is 1.10. The van der Waals surface area contributed by atoms with Gasteiger partial charge in [-0.25, -0.2) is 0 Å². The Morgan fingerprint density at radius 2 is 2.16 bits per heavy atom. The van der Waals surface area contributed by atoms with Gasteiger partial charge in [0.15, 0.2) is 0 Å². The minimum Gasteiger partial charge on any atom is -0.508 e. The minimum atomic E-state index is 0.272. The molecule has 0 saturated carbocycles. The van der Waals surface area contributed by atoms with Gasteiger partial charge >= 0.3 is 0 Å². The molecule has 2 N–H and O–H groups in total. The molecule has 4 heteroatoms. The molecule has 0 amide bonds. The zero-order chi connectivity index (χ0) is 13.2. The van der Waals surface area contributed by atoms with Crippen molar-refractivity contribution in [1.29, 1.82) is 0 Å². The summed E-state index contributed by atoms with van der Waals surface area (Å²) in [6, 6.07) is 6.26. The summed E-state index contributed by atoms with van der Waals surface area (Å²) in [5.41, 5.74) is 1.18. The number of aromatic hydroxyl groups is 1. The number of phenols is 1. The van der Waals surface area contributed by atoms with Gasteiger partial charge in [0.25, 0.3) is 0 Å². The van der Waals surface area contributed by atoms with Crippen LogP contribution in [0.1, 0.15) is 31.4 Å². The van der Waals surface area contributed by atoms with E-state index in [4.69, 9.17) is 4.74 Å². The van der Waals surface area contributed by atoms with E-state index in [1.807, 2.05) is 6.07 Å². The number of fused-ring (bicyclic) bond motifs is 1. The van der Waals surface area contributed by atoms with Crippen LogP contribution in [0.15, 0.2) is 18.2 Å². The molecule has 0 aliphatic carbocycles. The van der Waals surface area contributed by atoms with Gasteiger partial charge in [-0.3, -0.25) is 0 Å². The first-order valence-electron chi connectivity index (χ1n) is 7.20. The highest BCUT2D eigenvalue weighted by molar-refractivity contribution is 5.44. The van der Waals surface area contributed by atoms with Gasteiger partial charge in [-0.1, -0.05) is 6.92 Å². The SMILES string of the molecule is CCN1CCC(NC2COc3cc(O)ccc32)CC1. The molecule has 104 valence electrons. The minimum absolute atomic E-state index is 0.272. The Labute approximate surface area is 114 Å². The van der Waals surface area contributed by atoms with Crippen molar-refractivity contribution in [2.24, 2.45) is 0 Å². The summed E-state index contributed by atoms with van der Waals surface area (Å²) in [6.07, 6.45) is 2.41. The number of likely N-dealkylation sites (tertiary alicyclic amines) is 1. The number of ether oxygens (including phenoxy) is 1. The van der Waals surface area contributed by atoms with Gasteiger partial charge in [-0.15, -0.1) is 0 Å². The van der Waals surface area contributed by atoms with E-state index in [1.165, 1.54) is 31.5 Å². The van der Waals surface area contributed by atoms with Crippen molar-refractivity contribution < 1.29 is 9.84 Å². The molecule has 4 nitrogen and oxygen atoms in total. The molecule has 1 fully saturated rings. The van der Waals surface area contributed by atoms with Gasteiger partial charge in [0.2, 0.25) is 0 Å². The zero-order valence-corrected chi connectivity index (χ0v) is 11.4. The lowest BCUT2D eigenvalue weighted by Gasteiger charge is -2.32. The first-order valence-corrected chi connectivity index (χ1v) is 7.20. The van der Waals surface area contributed by atoms with E-state index in [1.54, 1.807) is 12.1 Å². The molecule has 0 radical (unpaired) electrons. The Bertz CT molecular complexity index is 442. The molecule has 0 bridgehead atoms. The molecule has 0 spiro atoms. The number of benzene rings is 1. The van der Waals surface area contributed by atoms with E-state index in [9.17, 15) is 5.11 Å². The number of rotatable bonds is 3. The van der Waals surface area contributed by atoms with E-state index in [0.717, 1.165) is 12.3 Å². The first kappa shape index (κ1) is 12.8. The summed E-state index contributed by atoms with van der Waals surface area (Å²) in [4.78, 5) is 2.50. The maximum atomic E-state index is 9.45. The third-order valence-electron chi connectivity index (χ3n) is 4.25. The van der Waals surface area contributed by atoms with E-state index < -0.39 is 0 Å². The van der Waals surface area contributed by atoms with Crippen LogP contribution >= 0.6 is 0 Å². The van der Waals surface area contributed by atoms with Crippen LogP contribution in [-0.2, 0) is 0 Å². The van der Waals surface area contributed by atoms with Crippen molar-refractivity contribution in [3.63, 3.8) is 0 Å². The standard InChI is InChI=1S/C15H22N2O2/c1-2-17-7-5-11(6-8-17)16-14-10-19-15-9-12(18)3-4-13(14)15/h3-4,9,11,14,16,18H,2,5-8,10H2,1H3. The lowest BCUT2D eigenvalue weighted by atomic mass is 10.0. The third-order valence-corrected chi connectivity index (χ3v) is 4.25. The van der Waals surface area contributed by atoms with Crippen molar-refractivity contribution >= 4 is 0 Å². The van der Waals surface area contributed by atoms with Gasteiger partial charge in [0, 0.05) is 17.7 Å². The molecule has 1 aromatic carbocycles. The molecule has 2 heterocycles. The molecular formula is C15H22N2O2. The monoisotopic (exact) mass is 262 g/mol. The highest BCUT2D eigenvalue weighted by Gasteiger charge is 2.28. The zero-order valence-electron chi connectivity index (χ0n) is 11.4. The fraction of sp³-hybridized carbons (Fsp3) is 0.600. The molecule has 1 saturated heterocycles. The smallest absolute Gasteiger partial charge is 0.127 e. The molecule has 19 heavy (non-hydrogen) atoms. The Morgan fingerprint density at radius 3 is 2.89 bits per heavy atom. The van der Waals surface area contributed by atoms with Gasteiger partial charge in [-0.2, -0.15) is 0 Å². The van der Waals surface area contributed by atoms with Crippen LogP contribution in [0.3, 0.4) is 0 Å². The summed E-state index contributed by atoms with van der Waals surface area (Å²) >= 11 is 0. The Hall–Kier alpha value is -1.26. The molecule has 0 aromatic heterocycles. The predicted octanol–water partition coefficient (Wildman–Crippen LogP) is 1.90. The fourth-order valence-corrected chi connectivity index (χ4v) is 3.04. The maximum Gasteiger partial charge on any atom is 0.127 e. The van der Waals surface area contributed by atoms with Crippen LogP contribution in [0.2, 0.25) is 0 Å². The van der Waals surface area contributed by atoms with Gasteiger partial charge in [0.1, 0.15) is 18.1 Å². The van der Waals surface area contributed by atoms with E-state index >= 15 is 0 Å². The fourth-order valence-electron chi connectivity index (χ4n) is 3.04.